The van der Waals surface area contributed by atoms with Gasteiger partial charge in [-0.25, -0.2) is 0 Å². The van der Waals surface area contributed by atoms with E-state index in [2.05, 4.69) is 16.7 Å². The van der Waals surface area contributed by atoms with Crippen molar-refractivity contribution in [2.24, 2.45) is 5.73 Å². The Morgan fingerprint density at radius 2 is 1.77 bits per heavy atom. The highest BCUT2D eigenvalue weighted by Gasteiger charge is 2.30. The molecule has 0 aliphatic carbocycles. The van der Waals surface area contributed by atoms with E-state index in [1.54, 1.807) is 0 Å². The van der Waals surface area contributed by atoms with E-state index < -0.39 is 0 Å². The number of nitrogens with two attached hydrogens (primary N) is 1. The molecule has 0 aromatic carbocycles. The summed E-state index contributed by atoms with van der Waals surface area (Å²) < 4.78 is 0. The average Bonchev–Trinajstić information content (AvgIpc) is 2.57. The second-order valence-corrected chi connectivity index (χ2v) is 5.68. The van der Waals surface area contributed by atoms with E-state index in [4.69, 9.17) is 5.73 Å². The van der Waals surface area contributed by atoms with Crippen LogP contribution >= 0.6 is 11.8 Å². The number of hydrogen-bond acceptors (Lipinski definition) is 3. The summed E-state index contributed by atoms with van der Waals surface area (Å²) in [6.07, 6.45) is 5.19. The fourth-order valence-corrected chi connectivity index (χ4v) is 3.63. The van der Waals surface area contributed by atoms with Crippen LogP contribution < -0.4 is 5.73 Å². The summed E-state index contributed by atoms with van der Waals surface area (Å²) in [6, 6.07) is 0. The zero-order valence-corrected chi connectivity index (χ0v) is 9.11. The van der Waals surface area contributed by atoms with Gasteiger partial charge in [0, 0.05) is 12.1 Å². The molecule has 0 spiro atoms. The highest BCUT2D eigenvalue weighted by atomic mass is 32.2. The SMILES string of the molecule is NC1(CN2CCCC2)CCSCC1. The highest BCUT2D eigenvalue weighted by Crippen LogP contribution is 2.26. The van der Waals surface area contributed by atoms with Crippen LogP contribution in [0.5, 0.6) is 0 Å². The molecule has 2 aliphatic rings. The van der Waals surface area contributed by atoms with Crippen LogP contribution in [0.3, 0.4) is 0 Å². The summed E-state index contributed by atoms with van der Waals surface area (Å²) in [7, 11) is 0. The van der Waals surface area contributed by atoms with Gasteiger partial charge >= 0.3 is 0 Å². The Kier molecular flexibility index (Phi) is 3.17. The van der Waals surface area contributed by atoms with Gasteiger partial charge in [0.05, 0.1) is 0 Å². The zero-order chi connectivity index (χ0) is 9.15. The van der Waals surface area contributed by atoms with Gasteiger partial charge < -0.3 is 10.6 Å². The lowest BCUT2D eigenvalue weighted by molar-refractivity contribution is 0.234. The van der Waals surface area contributed by atoms with Gasteiger partial charge in [0.2, 0.25) is 0 Å². The molecule has 0 aromatic rings. The predicted octanol–water partition coefficient (Wildman–Crippen LogP) is 1.31. The van der Waals surface area contributed by atoms with Crippen molar-refractivity contribution in [1.29, 1.82) is 0 Å². The minimum atomic E-state index is 0.148. The third-order valence-corrected chi connectivity index (χ3v) is 4.21. The Hall–Kier alpha value is 0.270. The second kappa shape index (κ2) is 4.20. The smallest absolute Gasteiger partial charge is 0.0299 e. The maximum absolute atomic E-state index is 6.38. The first-order chi connectivity index (χ1) is 6.29. The molecule has 2 N–H and O–H groups in total. The van der Waals surface area contributed by atoms with Crippen molar-refractivity contribution in [1.82, 2.24) is 4.90 Å². The fourth-order valence-electron chi connectivity index (χ4n) is 2.32. The molecule has 13 heavy (non-hydrogen) atoms. The fraction of sp³-hybridized carbons (Fsp3) is 1.00. The standard InChI is InChI=1S/C10H20N2S/c11-10(3-7-13-8-4-10)9-12-5-1-2-6-12/h1-9,11H2. The van der Waals surface area contributed by atoms with E-state index in [1.807, 2.05) is 0 Å². The summed E-state index contributed by atoms with van der Waals surface area (Å²) in [6.45, 7) is 3.71. The molecule has 2 nitrogen and oxygen atoms in total. The Bertz CT molecular complexity index is 160. The largest absolute Gasteiger partial charge is 0.324 e. The molecule has 0 radical (unpaired) electrons. The minimum absolute atomic E-state index is 0.148. The molecule has 0 atom stereocenters. The quantitative estimate of drug-likeness (QED) is 0.729. The van der Waals surface area contributed by atoms with Crippen LogP contribution in [0.1, 0.15) is 25.7 Å². The lowest BCUT2D eigenvalue weighted by Gasteiger charge is -2.36. The zero-order valence-electron chi connectivity index (χ0n) is 8.30. The summed E-state index contributed by atoms with van der Waals surface area (Å²) >= 11 is 2.06. The number of nitrogens with zero attached hydrogens (tertiary/aromatic N) is 1. The number of hydrogen-bond donors (Lipinski definition) is 1. The second-order valence-electron chi connectivity index (χ2n) is 4.46. The van der Waals surface area contributed by atoms with Gasteiger partial charge in [0.25, 0.3) is 0 Å². The average molecular weight is 200 g/mol. The molecule has 0 amide bonds. The normalized spacial score (nSPS) is 29.3. The van der Waals surface area contributed by atoms with E-state index in [0.717, 1.165) is 6.54 Å². The third-order valence-electron chi connectivity index (χ3n) is 3.23. The highest BCUT2D eigenvalue weighted by molar-refractivity contribution is 7.99. The Balaban J connectivity index is 1.83. The first kappa shape index (κ1) is 9.81. The topological polar surface area (TPSA) is 29.3 Å². The lowest BCUT2D eigenvalue weighted by Crippen LogP contribution is -2.51. The minimum Gasteiger partial charge on any atom is -0.324 e. The van der Waals surface area contributed by atoms with Crippen molar-refractivity contribution < 1.29 is 0 Å². The van der Waals surface area contributed by atoms with Crippen molar-refractivity contribution in [3.05, 3.63) is 0 Å². The van der Waals surface area contributed by atoms with Crippen LogP contribution in [-0.4, -0.2) is 41.6 Å². The molecular weight excluding hydrogens is 180 g/mol. The van der Waals surface area contributed by atoms with Crippen molar-refractivity contribution in [3.63, 3.8) is 0 Å². The maximum atomic E-state index is 6.38. The van der Waals surface area contributed by atoms with Crippen LogP contribution in [0.25, 0.3) is 0 Å². The third kappa shape index (κ3) is 2.61. The van der Waals surface area contributed by atoms with E-state index in [-0.39, 0.29) is 5.54 Å². The lowest BCUT2D eigenvalue weighted by atomic mass is 9.93. The molecule has 0 aromatic heterocycles. The molecule has 0 bridgehead atoms. The Morgan fingerprint density at radius 3 is 2.38 bits per heavy atom. The molecule has 2 heterocycles. The molecule has 2 rings (SSSR count). The summed E-state index contributed by atoms with van der Waals surface area (Å²) in [5, 5.41) is 0. The van der Waals surface area contributed by atoms with Crippen LogP contribution in [-0.2, 0) is 0 Å². The van der Waals surface area contributed by atoms with Gasteiger partial charge in [-0.05, 0) is 50.3 Å². The van der Waals surface area contributed by atoms with Crippen LogP contribution in [0.15, 0.2) is 0 Å². The first-order valence-electron chi connectivity index (χ1n) is 5.38. The number of thioether (sulfide) groups is 1. The summed E-state index contributed by atoms with van der Waals surface area (Å²) in [5.41, 5.74) is 6.53. The van der Waals surface area contributed by atoms with Crippen LogP contribution in [0.2, 0.25) is 0 Å². The van der Waals surface area contributed by atoms with E-state index in [0.29, 0.717) is 0 Å². The van der Waals surface area contributed by atoms with Gasteiger partial charge in [-0.3, -0.25) is 0 Å². The molecule has 2 aliphatic heterocycles. The van der Waals surface area contributed by atoms with Crippen LogP contribution in [0, 0.1) is 0 Å². The van der Waals surface area contributed by atoms with Gasteiger partial charge in [0.1, 0.15) is 0 Å². The Labute approximate surface area is 85.2 Å². The predicted molar refractivity (Wildman–Crippen MR) is 59.2 cm³/mol. The van der Waals surface area contributed by atoms with Crippen LogP contribution in [0.4, 0.5) is 0 Å². The molecular formula is C10H20N2S. The van der Waals surface area contributed by atoms with Crippen molar-refractivity contribution in [2.45, 2.75) is 31.2 Å². The monoisotopic (exact) mass is 200 g/mol. The molecule has 0 unspecified atom stereocenters. The van der Waals surface area contributed by atoms with Gasteiger partial charge in [-0.15, -0.1) is 0 Å². The van der Waals surface area contributed by atoms with Crippen molar-refractivity contribution in [3.8, 4) is 0 Å². The molecule has 2 saturated heterocycles. The van der Waals surface area contributed by atoms with E-state index in [9.17, 15) is 0 Å². The molecule has 3 heteroatoms. The van der Waals surface area contributed by atoms with Crippen molar-refractivity contribution in [2.75, 3.05) is 31.1 Å². The van der Waals surface area contributed by atoms with Gasteiger partial charge in [0.15, 0.2) is 0 Å². The first-order valence-corrected chi connectivity index (χ1v) is 6.53. The molecule has 0 saturated carbocycles. The number of likely N-dealkylation sites (tertiary alicyclic amines) is 1. The van der Waals surface area contributed by atoms with E-state index in [1.165, 1.54) is 50.3 Å². The van der Waals surface area contributed by atoms with Gasteiger partial charge in [-0.2, -0.15) is 11.8 Å². The molecule has 76 valence electrons. The Morgan fingerprint density at radius 1 is 1.15 bits per heavy atom. The number of rotatable bonds is 2. The maximum Gasteiger partial charge on any atom is 0.0299 e. The molecule has 2 fully saturated rings. The van der Waals surface area contributed by atoms with Crippen molar-refractivity contribution >= 4 is 11.8 Å². The van der Waals surface area contributed by atoms with E-state index >= 15 is 0 Å². The van der Waals surface area contributed by atoms with Gasteiger partial charge in [-0.1, -0.05) is 0 Å². The summed E-state index contributed by atoms with van der Waals surface area (Å²) in [4.78, 5) is 2.55. The summed E-state index contributed by atoms with van der Waals surface area (Å²) in [5.74, 6) is 2.54.